The maximum Gasteiger partial charge on any atom is 0.0704 e. The summed E-state index contributed by atoms with van der Waals surface area (Å²) in [6.45, 7) is 0.533. The van der Waals surface area contributed by atoms with Gasteiger partial charge < -0.3 is 4.74 Å². The normalized spacial score (nSPS) is 14.1. The highest BCUT2D eigenvalue weighted by Crippen LogP contribution is 1.96. The monoisotopic (exact) mass is 142 g/mol. The topological polar surface area (TPSA) is 9.23 Å². The van der Waals surface area contributed by atoms with Crippen LogP contribution in [0.4, 0.5) is 0 Å². The number of alkyl halides is 2. The highest BCUT2D eigenvalue weighted by atomic mass is 35.5. The number of ether oxygens (including phenoxy) is 1. The van der Waals surface area contributed by atoms with E-state index in [1.165, 1.54) is 0 Å². The molecule has 0 aromatic rings. The maximum absolute atomic E-state index is 5.51. The molecule has 0 rings (SSSR count). The molecule has 1 atom stereocenters. The smallest absolute Gasteiger partial charge is 0.0704 e. The highest BCUT2D eigenvalue weighted by molar-refractivity contribution is 6.28. The lowest BCUT2D eigenvalue weighted by molar-refractivity contribution is 0.202. The van der Waals surface area contributed by atoms with Gasteiger partial charge in [-0.2, -0.15) is 0 Å². The SMILES string of the molecule is COC[C@@H](Cl)CCl. The summed E-state index contributed by atoms with van der Waals surface area (Å²) < 4.78 is 4.68. The first-order valence-electron chi connectivity index (χ1n) is 2.00. The Morgan fingerprint density at radius 2 is 2.29 bits per heavy atom. The summed E-state index contributed by atoms with van der Waals surface area (Å²) in [5, 5.41) is -0.0355. The Hall–Kier alpha value is 0.540. The fourth-order valence-corrected chi connectivity index (χ4v) is 0.440. The van der Waals surface area contributed by atoms with Crippen LogP contribution in [-0.2, 0) is 4.74 Å². The van der Waals surface area contributed by atoms with E-state index in [9.17, 15) is 0 Å². The van der Waals surface area contributed by atoms with Crippen molar-refractivity contribution in [1.82, 2.24) is 0 Å². The second-order valence-corrected chi connectivity index (χ2v) is 2.13. The molecule has 7 heavy (non-hydrogen) atoms. The lowest BCUT2D eigenvalue weighted by Gasteiger charge is -1.99. The van der Waals surface area contributed by atoms with Gasteiger partial charge in [0.25, 0.3) is 0 Å². The summed E-state index contributed by atoms with van der Waals surface area (Å²) in [7, 11) is 1.60. The molecule has 0 saturated carbocycles. The molecule has 0 saturated heterocycles. The molecule has 0 aromatic carbocycles. The Kier molecular flexibility index (Phi) is 5.05. The molecule has 3 heteroatoms. The minimum absolute atomic E-state index is 0.0355. The van der Waals surface area contributed by atoms with Crippen molar-refractivity contribution < 1.29 is 4.74 Å². The van der Waals surface area contributed by atoms with Gasteiger partial charge in [-0.25, -0.2) is 0 Å². The van der Waals surface area contributed by atoms with E-state index in [4.69, 9.17) is 23.2 Å². The molecule has 0 bridgehead atoms. The van der Waals surface area contributed by atoms with E-state index in [0.717, 1.165) is 0 Å². The number of hydrogen-bond donors (Lipinski definition) is 0. The van der Waals surface area contributed by atoms with E-state index < -0.39 is 0 Å². The average Bonchev–Trinajstić information content (AvgIpc) is 1.68. The van der Waals surface area contributed by atoms with Crippen LogP contribution in [0.15, 0.2) is 0 Å². The van der Waals surface area contributed by atoms with Crippen LogP contribution in [-0.4, -0.2) is 25.0 Å². The van der Waals surface area contributed by atoms with Crippen LogP contribution >= 0.6 is 23.2 Å². The quantitative estimate of drug-likeness (QED) is 0.543. The van der Waals surface area contributed by atoms with Gasteiger partial charge in [0.05, 0.1) is 12.0 Å². The Morgan fingerprint density at radius 1 is 1.71 bits per heavy atom. The minimum atomic E-state index is -0.0355. The molecule has 0 N–H and O–H groups in total. The largest absolute Gasteiger partial charge is 0.383 e. The molecule has 0 aliphatic rings. The minimum Gasteiger partial charge on any atom is -0.383 e. The summed E-state index contributed by atoms with van der Waals surface area (Å²) in [6, 6.07) is 0. The molecule has 0 spiro atoms. The summed E-state index contributed by atoms with van der Waals surface area (Å²) in [4.78, 5) is 0. The van der Waals surface area contributed by atoms with Gasteiger partial charge in [-0.15, -0.1) is 23.2 Å². The van der Waals surface area contributed by atoms with Crippen LogP contribution < -0.4 is 0 Å². The summed E-state index contributed by atoms with van der Waals surface area (Å²) >= 11 is 10.8. The van der Waals surface area contributed by atoms with Crippen molar-refractivity contribution in [1.29, 1.82) is 0 Å². The molecular weight excluding hydrogens is 135 g/mol. The molecular formula is C4H8Cl2O. The second kappa shape index (κ2) is 4.69. The van der Waals surface area contributed by atoms with E-state index in [2.05, 4.69) is 4.74 Å². The molecule has 0 heterocycles. The van der Waals surface area contributed by atoms with Gasteiger partial charge in [-0.3, -0.25) is 0 Å². The zero-order valence-electron chi connectivity index (χ0n) is 4.16. The van der Waals surface area contributed by atoms with Crippen molar-refractivity contribution in [2.24, 2.45) is 0 Å². The summed E-state index contributed by atoms with van der Waals surface area (Å²) in [5.41, 5.74) is 0. The van der Waals surface area contributed by atoms with Crippen LogP contribution in [0.3, 0.4) is 0 Å². The Bertz CT molecular complexity index is 40.7. The van der Waals surface area contributed by atoms with E-state index in [1.54, 1.807) is 7.11 Å². The van der Waals surface area contributed by atoms with Gasteiger partial charge in [0.1, 0.15) is 0 Å². The summed E-state index contributed by atoms with van der Waals surface area (Å²) in [5.74, 6) is 0.454. The molecule has 0 unspecified atom stereocenters. The van der Waals surface area contributed by atoms with Crippen LogP contribution in [0, 0.1) is 0 Å². The van der Waals surface area contributed by atoms with E-state index in [1.807, 2.05) is 0 Å². The third-order valence-corrected chi connectivity index (χ3v) is 1.33. The molecule has 0 radical (unpaired) electrons. The molecule has 1 nitrogen and oxygen atoms in total. The third-order valence-electron chi connectivity index (χ3n) is 0.515. The second-order valence-electron chi connectivity index (χ2n) is 1.21. The third kappa shape index (κ3) is 4.39. The number of hydrogen-bond acceptors (Lipinski definition) is 1. The molecule has 0 fully saturated rings. The Morgan fingerprint density at radius 3 is 2.43 bits per heavy atom. The van der Waals surface area contributed by atoms with Gasteiger partial charge in [-0.1, -0.05) is 0 Å². The summed E-state index contributed by atoms with van der Waals surface area (Å²) in [6.07, 6.45) is 0. The molecule has 0 aliphatic carbocycles. The average molecular weight is 143 g/mol. The fourth-order valence-electron chi connectivity index (χ4n) is 0.225. The standard InChI is InChI=1S/C4H8Cl2O/c1-7-3-4(6)2-5/h4H,2-3H2,1H3/t4-/m0/s1. The van der Waals surface area contributed by atoms with Crippen molar-refractivity contribution in [2.75, 3.05) is 19.6 Å². The van der Waals surface area contributed by atoms with Crippen LogP contribution in [0.1, 0.15) is 0 Å². The van der Waals surface area contributed by atoms with Gasteiger partial charge in [-0.05, 0) is 0 Å². The maximum atomic E-state index is 5.51. The number of rotatable bonds is 3. The first-order valence-corrected chi connectivity index (χ1v) is 2.97. The highest BCUT2D eigenvalue weighted by Gasteiger charge is 1.97. The molecule has 0 amide bonds. The predicted octanol–water partition coefficient (Wildman–Crippen LogP) is 1.48. The Labute approximate surface area is 53.6 Å². The number of halogens is 2. The zero-order chi connectivity index (χ0) is 5.70. The molecule has 44 valence electrons. The first kappa shape index (κ1) is 7.54. The van der Waals surface area contributed by atoms with Crippen molar-refractivity contribution >= 4 is 23.2 Å². The van der Waals surface area contributed by atoms with Gasteiger partial charge >= 0.3 is 0 Å². The molecule has 0 aromatic heterocycles. The van der Waals surface area contributed by atoms with Gasteiger partial charge in [0.2, 0.25) is 0 Å². The first-order chi connectivity index (χ1) is 3.31. The molecule has 0 aliphatic heterocycles. The van der Waals surface area contributed by atoms with Crippen LogP contribution in [0.5, 0.6) is 0 Å². The van der Waals surface area contributed by atoms with Crippen molar-refractivity contribution in [3.63, 3.8) is 0 Å². The predicted molar refractivity (Wildman–Crippen MR) is 32.2 cm³/mol. The number of methoxy groups -OCH3 is 1. The van der Waals surface area contributed by atoms with Gasteiger partial charge in [0.15, 0.2) is 0 Å². The van der Waals surface area contributed by atoms with Crippen molar-refractivity contribution in [2.45, 2.75) is 5.38 Å². The van der Waals surface area contributed by atoms with Gasteiger partial charge in [0, 0.05) is 13.0 Å². The lowest BCUT2D eigenvalue weighted by atomic mass is 10.5. The van der Waals surface area contributed by atoms with E-state index >= 15 is 0 Å². The van der Waals surface area contributed by atoms with Crippen molar-refractivity contribution in [3.05, 3.63) is 0 Å². The van der Waals surface area contributed by atoms with Crippen LogP contribution in [0.25, 0.3) is 0 Å². The lowest BCUT2D eigenvalue weighted by Crippen LogP contribution is -2.07. The fraction of sp³-hybridized carbons (Fsp3) is 1.00. The van der Waals surface area contributed by atoms with E-state index in [-0.39, 0.29) is 5.38 Å². The zero-order valence-corrected chi connectivity index (χ0v) is 5.67. The van der Waals surface area contributed by atoms with Crippen LogP contribution in [0.2, 0.25) is 0 Å². The van der Waals surface area contributed by atoms with E-state index in [0.29, 0.717) is 12.5 Å². The van der Waals surface area contributed by atoms with Crippen molar-refractivity contribution in [3.8, 4) is 0 Å². The Balaban J connectivity index is 2.83.